The average Bonchev–Trinajstić information content (AvgIpc) is 2.80. The Kier molecular flexibility index (Phi) is 5.38. The second kappa shape index (κ2) is 8.13. The summed E-state index contributed by atoms with van der Waals surface area (Å²) in [5.41, 5.74) is 1.39. The summed E-state index contributed by atoms with van der Waals surface area (Å²) in [5.74, 6) is 0.667. The Morgan fingerprint density at radius 2 is 1.67 bits per heavy atom. The zero-order valence-electron chi connectivity index (χ0n) is 15.8. The van der Waals surface area contributed by atoms with Gasteiger partial charge in [-0.1, -0.05) is 6.07 Å². The number of hydrogen-bond acceptors (Lipinski definition) is 8. The highest BCUT2D eigenvalue weighted by atomic mass is 32.2. The molecular weight excluding hydrogens is 408 g/mol. The largest absolute Gasteiger partial charge is 0.352 e. The number of piperazine rings is 1. The highest BCUT2D eigenvalue weighted by molar-refractivity contribution is 7.89. The molecule has 0 bridgehead atoms. The number of nitrogens with zero attached hydrogens (tertiary/aromatic N) is 6. The molecule has 3 heterocycles. The van der Waals surface area contributed by atoms with Crippen LogP contribution >= 0.6 is 0 Å². The second-order valence-electron chi connectivity index (χ2n) is 6.66. The van der Waals surface area contributed by atoms with Gasteiger partial charge >= 0.3 is 0 Å². The van der Waals surface area contributed by atoms with Crippen molar-refractivity contribution >= 4 is 21.5 Å². The van der Waals surface area contributed by atoms with Crippen LogP contribution in [0.2, 0.25) is 0 Å². The molecule has 4 rings (SSSR count). The molecule has 3 aromatic rings. The molecule has 30 heavy (non-hydrogen) atoms. The molecule has 1 aliphatic heterocycles. The van der Waals surface area contributed by atoms with Crippen molar-refractivity contribution in [2.45, 2.75) is 4.90 Å². The fraction of sp³-hybridized carbons (Fsp3) is 0.211. The number of anilines is 1. The Hall–Kier alpha value is -3.44. The van der Waals surface area contributed by atoms with Crippen molar-refractivity contribution in [2.75, 3.05) is 31.1 Å². The number of nitro groups is 1. The SMILES string of the molecule is O=[N+]([O-])c1cccc(S(=O)(=O)N2CCN(c3ccc(-c4ccncc4)nn3)CC2)c1. The van der Waals surface area contributed by atoms with Crippen molar-refractivity contribution in [1.82, 2.24) is 19.5 Å². The standard InChI is InChI=1S/C19H18N6O4S/c26-25(27)16-2-1-3-17(14-16)30(28,29)24-12-10-23(11-13-24)19-5-4-18(21-22-19)15-6-8-20-9-7-15/h1-9,14H,10-13H2. The van der Waals surface area contributed by atoms with Crippen LogP contribution in [0.5, 0.6) is 0 Å². The lowest BCUT2D eigenvalue weighted by atomic mass is 10.2. The number of nitro benzene ring substituents is 1. The maximum atomic E-state index is 12.9. The predicted octanol–water partition coefficient (Wildman–Crippen LogP) is 1.96. The molecule has 1 aliphatic rings. The molecule has 0 spiro atoms. The van der Waals surface area contributed by atoms with Crippen LogP contribution in [0.15, 0.2) is 65.8 Å². The fourth-order valence-corrected chi connectivity index (χ4v) is 4.70. The summed E-state index contributed by atoms with van der Waals surface area (Å²) in [5, 5.41) is 19.5. The summed E-state index contributed by atoms with van der Waals surface area (Å²) >= 11 is 0. The summed E-state index contributed by atoms with van der Waals surface area (Å²) in [7, 11) is -3.81. The van der Waals surface area contributed by atoms with Gasteiger partial charge in [0.2, 0.25) is 10.0 Å². The monoisotopic (exact) mass is 426 g/mol. The van der Waals surface area contributed by atoms with Crippen LogP contribution in [0.4, 0.5) is 11.5 Å². The van der Waals surface area contributed by atoms with Crippen LogP contribution in [0.1, 0.15) is 0 Å². The fourth-order valence-electron chi connectivity index (χ4n) is 3.23. The minimum atomic E-state index is -3.81. The third-order valence-electron chi connectivity index (χ3n) is 4.86. The number of aromatic nitrogens is 3. The van der Waals surface area contributed by atoms with Crippen LogP contribution < -0.4 is 4.90 Å². The van der Waals surface area contributed by atoms with E-state index in [0.29, 0.717) is 18.9 Å². The van der Waals surface area contributed by atoms with Gasteiger partial charge in [0.1, 0.15) is 0 Å². The minimum Gasteiger partial charge on any atom is -0.352 e. The first-order valence-corrected chi connectivity index (χ1v) is 10.6. The van der Waals surface area contributed by atoms with E-state index in [1.807, 2.05) is 29.2 Å². The van der Waals surface area contributed by atoms with Crippen molar-refractivity contribution in [1.29, 1.82) is 0 Å². The van der Waals surface area contributed by atoms with Gasteiger partial charge in [-0.3, -0.25) is 15.1 Å². The molecule has 0 atom stereocenters. The number of non-ortho nitro benzene ring substituents is 1. The summed E-state index contributed by atoms with van der Waals surface area (Å²) in [6.07, 6.45) is 3.37. The molecular formula is C19H18N6O4S. The maximum absolute atomic E-state index is 12.9. The Balaban J connectivity index is 1.45. The maximum Gasteiger partial charge on any atom is 0.270 e. The third kappa shape index (κ3) is 3.98. The van der Waals surface area contributed by atoms with E-state index < -0.39 is 14.9 Å². The summed E-state index contributed by atoms with van der Waals surface area (Å²) in [6, 6.07) is 12.5. The number of sulfonamides is 1. The van der Waals surface area contributed by atoms with Gasteiger partial charge in [-0.05, 0) is 30.3 Å². The van der Waals surface area contributed by atoms with Crippen molar-refractivity contribution in [3.05, 3.63) is 71.0 Å². The topological polar surface area (TPSA) is 122 Å². The van der Waals surface area contributed by atoms with Crippen LogP contribution in [0.25, 0.3) is 11.3 Å². The van der Waals surface area contributed by atoms with Gasteiger partial charge in [0.25, 0.3) is 5.69 Å². The number of hydrogen-bond donors (Lipinski definition) is 0. The molecule has 0 N–H and O–H groups in total. The number of benzene rings is 1. The molecule has 0 unspecified atom stereocenters. The lowest BCUT2D eigenvalue weighted by Gasteiger charge is -2.34. The third-order valence-corrected chi connectivity index (χ3v) is 6.75. The summed E-state index contributed by atoms with van der Waals surface area (Å²) in [4.78, 5) is 16.2. The Morgan fingerprint density at radius 1 is 0.933 bits per heavy atom. The van der Waals surface area contributed by atoms with E-state index >= 15 is 0 Å². The first-order valence-electron chi connectivity index (χ1n) is 9.19. The Labute approximate surface area is 173 Å². The Morgan fingerprint density at radius 3 is 2.30 bits per heavy atom. The van der Waals surface area contributed by atoms with E-state index in [1.54, 1.807) is 12.4 Å². The minimum absolute atomic E-state index is 0.0772. The van der Waals surface area contributed by atoms with E-state index in [4.69, 9.17) is 0 Å². The van der Waals surface area contributed by atoms with Gasteiger partial charge in [0.05, 0.1) is 15.5 Å². The molecule has 0 radical (unpaired) electrons. The van der Waals surface area contributed by atoms with E-state index in [9.17, 15) is 18.5 Å². The lowest BCUT2D eigenvalue weighted by molar-refractivity contribution is -0.385. The molecule has 1 aromatic carbocycles. The first kappa shape index (κ1) is 19.9. The summed E-state index contributed by atoms with van der Waals surface area (Å²) < 4.78 is 27.1. The van der Waals surface area contributed by atoms with E-state index in [1.165, 1.54) is 22.5 Å². The van der Waals surface area contributed by atoms with E-state index in [-0.39, 0.29) is 23.7 Å². The number of rotatable bonds is 5. The molecule has 1 saturated heterocycles. The molecule has 0 amide bonds. The molecule has 11 heteroatoms. The van der Waals surface area contributed by atoms with Crippen molar-refractivity contribution in [3.63, 3.8) is 0 Å². The predicted molar refractivity (Wildman–Crippen MR) is 109 cm³/mol. The summed E-state index contributed by atoms with van der Waals surface area (Å²) in [6.45, 7) is 1.38. The van der Waals surface area contributed by atoms with E-state index in [2.05, 4.69) is 15.2 Å². The van der Waals surface area contributed by atoms with Gasteiger partial charge in [-0.15, -0.1) is 10.2 Å². The van der Waals surface area contributed by atoms with Crippen LogP contribution in [0.3, 0.4) is 0 Å². The normalized spacial score (nSPS) is 15.1. The van der Waals surface area contributed by atoms with Crippen molar-refractivity contribution in [2.24, 2.45) is 0 Å². The van der Waals surface area contributed by atoms with Crippen LogP contribution in [-0.2, 0) is 10.0 Å². The lowest BCUT2D eigenvalue weighted by Crippen LogP contribution is -2.49. The molecule has 0 saturated carbocycles. The van der Waals surface area contributed by atoms with Gasteiger partial charge < -0.3 is 4.90 Å². The number of pyridine rings is 1. The quantitative estimate of drug-likeness (QED) is 0.448. The van der Waals surface area contributed by atoms with E-state index in [0.717, 1.165) is 17.3 Å². The second-order valence-corrected chi connectivity index (χ2v) is 8.60. The molecule has 0 aliphatic carbocycles. The Bertz CT molecular complexity index is 1150. The molecule has 10 nitrogen and oxygen atoms in total. The van der Waals surface area contributed by atoms with Crippen LogP contribution in [-0.4, -0.2) is 59.0 Å². The first-order chi connectivity index (χ1) is 14.4. The van der Waals surface area contributed by atoms with Gasteiger partial charge in [-0.25, -0.2) is 8.42 Å². The molecule has 2 aromatic heterocycles. The van der Waals surface area contributed by atoms with Crippen molar-refractivity contribution in [3.8, 4) is 11.3 Å². The molecule has 1 fully saturated rings. The zero-order valence-corrected chi connectivity index (χ0v) is 16.6. The highest BCUT2D eigenvalue weighted by Crippen LogP contribution is 2.24. The smallest absolute Gasteiger partial charge is 0.270 e. The molecule has 154 valence electrons. The average molecular weight is 426 g/mol. The van der Waals surface area contributed by atoms with Gasteiger partial charge in [0.15, 0.2) is 5.82 Å². The van der Waals surface area contributed by atoms with Crippen LogP contribution in [0, 0.1) is 10.1 Å². The van der Waals surface area contributed by atoms with Gasteiger partial charge in [0, 0.05) is 56.3 Å². The zero-order chi connectivity index (χ0) is 21.1. The van der Waals surface area contributed by atoms with Crippen molar-refractivity contribution < 1.29 is 13.3 Å². The highest BCUT2D eigenvalue weighted by Gasteiger charge is 2.30. The van der Waals surface area contributed by atoms with Gasteiger partial charge in [-0.2, -0.15) is 4.31 Å².